The summed E-state index contributed by atoms with van der Waals surface area (Å²) in [7, 11) is 0. The van der Waals surface area contributed by atoms with Crippen molar-refractivity contribution in [2.75, 3.05) is 25.0 Å². The van der Waals surface area contributed by atoms with Crippen molar-refractivity contribution in [1.29, 1.82) is 0 Å². The van der Waals surface area contributed by atoms with Crippen molar-refractivity contribution in [3.8, 4) is 10.6 Å². The maximum absolute atomic E-state index is 13.7. The molecule has 174 valence electrons. The zero-order valence-electron chi connectivity index (χ0n) is 17.8. The maximum atomic E-state index is 13.7. The molecule has 2 aliphatic heterocycles. The van der Waals surface area contributed by atoms with Crippen LogP contribution in [0.15, 0.2) is 18.5 Å². The predicted octanol–water partition coefficient (Wildman–Crippen LogP) is 3.68. The standard InChI is InChI=1S/C21H22F3N7OS/c1-11-10-31(12-2-5-25-6-3-12)30-18(11)29-20-27-9-14(21(22,23)24)17(28-20)16-8-13-15(33-16)4-7-26-19(13)32/h8-10,12,25H,2-7H2,1H3,(H,26,32)(H,27,28,29,30). The molecule has 5 heterocycles. The van der Waals surface area contributed by atoms with Gasteiger partial charge >= 0.3 is 6.18 Å². The molecule has 0 bridgehead atoms. The highest BCUT2D eigenvalue weighted by molar-refractivity contribution is 7.15. The van der Waals surface area contributed by atoms with Gasteiger partial charge in [0.1, 0.15) is 5.56 Å². The first kappa shape index (κ1) is 21.8. The SMILES string of the molecule is Cc1cn(C2CCNCC2)nc1Nc1ncc(C(F)(F)F)c(-c2cc3c(s2)CCNC3=O)n1. The number of aryl methyl sites for hydroxylation is 1. The van der Waals surface area contributed by atoms with Gasteiger partial charge in [0, 0.05) is 29.4 Å². The Hall–Kier alpha value is -2.99. The molecule has 0 aromatic carbocycles. The van der Waals surface area contributed by atoms with E-state index in [-0.39, 0.29) is 28.5 Å². The molecule has 1 fully saturated rings. The number of amides is 1. The van der Waals surface area contributed by atoms with Crippen LogP contribution in [0.1, 0.15) is 45.2 Å². The molecule has 8 nitrogen and oxygen atoms in total. The summed E-state index contributed by atoms with van der Waals surface area (Å²) in [5.74, 6) is 0.246. The molecule has 1 amide bonds. The molecule has 3 N–H and O–H groups in total. The molecule has 1 saturated heterocycles. The lowest BCUT2D eigenvalue weighted by atomic mass is 10.1. The fourth-order valence-corrected chi connectivity index (χ4v) is 5.28. The average molecular weight is 478 g/mol. The van der Waals surface area contributed by atoms with Crippen LogP contribution in [0.3, 0.4) is 0 Å². The van der Waals surface area contributed by atoms with Crippen molar-refractivity contribution in [2.45, 2.75) is 38.4 Å². The topological polar surface area (TPSA) is 96.8 Å². The van der Waals surface area contributed by atoms with Crippen LogP contribution in [-0.2, 0) is 12.6 Å². The zero-order chi connectivity index (χ0) is 23.2. The third kappa shape index (κ3) is 4.32. The molecule has 0 saturated carbocycles. The number of nitrogens with zero attached hydrogens (tertiary/aromatic N) is 4. The number of thiophene rings is 1. The molecule has 5 rings (SSSR count). The van der Waals surface area contributed by atoms with E-state index in [1.54, 1.807) is 0 Å². The first-order valence-electron chi connectivity index (χ1n) is 10.7. The van der Waals surface area contributed by atoms with Gasteiger partial charge in [-0.2, -0.15) is 18.3 Å². The number of fused-ring (bicyclic) bond motifs is 1. The molecule has 0 spiro atoms. The molecule has 12 heteroatoms. The van der Waals surface area contributed by atoms with E-state index >= 15 is 0 Å². The third-order valence-electron chi connectivity index (χ3n) is 5.85. The number of hydrogen-bond acceptors (Lipinski definition) is 7. The molecule has 2 aliphatic rings. The van der Waals surface area contributed by atoms with Gasteiger partial charge in [-0.25, -0.2) is 9.97 Å². The number of aromatic nitrogens is 4. The molecule has 0 aliphatic carbocycles. The summed E-state index contributed by atoms with van der Waals surface area (Å²) in [6.07, 6.45) is 0.567. The zero-order valence-corrected chi connectivity index (χ0v) is 18.6. The van der Waals surface area contributed by atoms with Gasteiger partial charge in [-0.3, -0.25) is 9.48 Å². The number of nitrogens with one attached hydrogen (secondary N) is 3. The average Bonchev–Trinajstić information content (AvgIpc) is 3.38. The number of anilines is 2. The highest BCUT2D eigenvalue weighted by Crippen LogP contribution is 2.40. The second-order valence-electron chi connectivity index (χ2n) is 8.15. The van der Waals surface area contributed by atoms with Gasteiger partial charge in [-0.05, 0) is 45.3 Å². The van der Waals surface area contributed by atoms with E-state index in [1.165, 1.54) is 6.07 Å². The van der Waals surface area contributed by atoms with E-state index in [9.17, 15) is 18.0 Å². The van der Waals surface area contributed by atoms with Crippen LogP contribution in [0.25, 0.3) is 10.6 Å². The fourth-order valence-electron chi connectivity index (χ4n) is 4.12. The number of halogens is 3. The summed E-state index contributed by atoms with van der Waals surface area (Å²) >= 11 is 1.16. The monoisotopic (exact) mass is 477 g/mol. The normalized spacial score (nSPS) is 17.0. The number of carbonyl (C=O) groups excluding carboxylic acids is 1. The van der Waals surface area contributed by atoms with Gasteiger partial charge in [0.15, 0.2) is 5.82 Å². The van der Waals surface area contributed by atoms with E-state index in [0.29, 0.717) is 24.3 Å². The highest BCUT2D eigenvalue weighted by atomic mass is 32.1. The van der Waals surface area contributed by atoms with Crippen molar-refractivity contribution >= 4 is 29.0 Å². The Balaban J connectivity index is 1.49. The van der Waals surface area contributed by atoms with Gasteiger partial charge in [-0.15, -0.1) is 11.3 Å². The molecule has 0 unspecified atom stereocenters. The van der Waals surface area contributed by atoms with E-state index in [0.717, 1.165) is 53.9 Å². The van der Waals surface area contributed by atoms with Gasteiger partial charge in [0.2, 0.25) is 5.95 Å². The Kier molecular flexibility index (Phi) is 5.57. The molecule has 3 aromatic heterocycles. The van der Waals surface area contributed by atoms with Crippen molar-refractivity contribution < 1.29 is 18.0 Å². The van der Waals surface area contributed by atoms with Gasteiger partial charge in [0.05, 0.1) is 22.2 Å². The lowest BCUT2D eigenvalue weighted by molar-refractivity contribution is -0.137. The minimum Gasteiger partial charge on any atom is -0.352 e. The molecular formula is C21H22F3N7OS. The van der Waals surface area contributed by atoms with Crippen LogP contribution < -0.4 is 16.0 Å². The van der Waals surface area contributed by atoms with Crippen LogP contribution in [0.5, 0.6) is 0 Å². The van der Waals surface area contributed by atoms with Crippen molar-refractivity contribution in [2.24, 2.45) is 0 Å². The second-order valence-corrected chi connectivity index (χ2v) is 9.29. The maximum Gasteiger partial charge on any atom is 0.420 e. The van der Waals surface area contributed by atoms with E-state index < -0.39 is 11.7 Å². The van der Waals surface area contributed by atoms with E-state index in [4.69, 9.17) is 0 Å². The Morgan fingerprint density at radius 2 is 2.03 bits per heavy atom. The number of piperidine rings is 1. The third-order valence-corrected chi connectivity index (χ3v) is 7.05. The highest BCUT2D eigenvalue weighted by Gasteiger charge is 2.36. The first-order valence-corrected chi connectivity index (χ1v) is 11.5. The molecular weight excluding hydrogens is 455 g/mol. The largest absolute Gasteiger partial charge is 0.420 e. The summed E-state index contributed by atoms with van der Waals surface area (Å²) in [5.41, 5.74) is 0.0625. The first-order chi connectivity index (χ1) is 15.8. The summed E-state index contributed by atoms with van der Waals surface area (Å²) in [6.45, 7) is 4.18. The number of carbonyl (C=O) groups is 1. The number of alkyl halides is 3. The minimum atomic E-state index is -4.63. The Bertz CT molecular complexity index is 1200. The molecule has 3 aromatic rings. The fraction of sp³-hybridized carbons (Fsp3) is 0.429. The van der Waals surface area contributed by atoms with Crippen molar-refractivity contribution in [3.63, 3.8) is 0 Å². The second kappa shape index (κ2) is 8.41. The Morgan fingerprint density at radius 3 is 2.76 bits per heavy atom. The van der Waals surface area contributed by atoms with Crippen molar-refractivity contribution in [1.82, 2.24) is 30.4 Å². The van der Waals surface area contributed by atoms with E-state index in [1.807, 2.05) is 17.8 Å². The quantitative estimate of drug-likeness (QED) is 0.531. The van der Waals surface area contributed by atoms with Gasteiger partial charge < -0.3 is 16.0 Å². The summed E-state index contributed by atoms with van der Waals surface area (Å²) < 4.78 is 43.1. The number of hydrogen-bond donors (Lipinski definition) is 3. The summed E-state index contributed by atoms with van der Waals surface area (Å²) in [4.78, 5) is 21.3. The van der Waals surface area contributed by atoms with E-state index in [2.05, 4.69) is 31.0 Å². The van der Waals surface area contributed by atoms with Crippen LogP contribution in [-0.4, -0.2) is 45.3 Å². The summed E-state index contributed by atoms with van der Waals surface area (Å²) in [5, 5.41) is 13.6. The summed E-state index contributed by atoms with van der Waals surface area (Å²) in [6, 6.07) is 1.75. The molecule has 33 heavy (non-hydrogen) atoms. The van der Waals surface area contributed by atoms with Crippen molar-refractivity contribution in [3.05, 3.63) is 40.0 Å². The lowest BCUT2D eigenvalue weighted by Crippen LogP contribution is -2.30. The predicted molar refractivity (Wildman–Crippen MR) is 118 cm³/mol. The molecule has 0 atom stereocenters. The smallest absolute Gasteiger partial charge is 0.352 e. The van der Waals surface area contributed by atoms with Crippen LogP contribution >= 0.6 is 11.3 Å². The Morgan fingerprint density at radius 1 is 1.24 bits per heavy atom. The van der Waals surface area contributed by atoms with Gasteiger partial charge in [0.25, 0.3) is 5.91 Å². The van der Waals surface area contributed by atoms with Gasteiger partial charge in [-0.1, -0.05) is 0 Å². The Labute approximate surface area is 191 Å². The van der Waals surface area contributed by atoms with Crippen LogP contribution in [0, 0.1) is 6.92 Å². The lowest BCUT2D eigenvalue weighted by Gasteiger charge is -2.22. The number of rotatable bonds is 4. The van der Waals surface area contributed by atoms with Crippen LogP contribution in [0.4, 0.5) is 24.9 Å². The molecule has 0 radical (unpaired) electrons. The van der Waals surface area contributed by atoms with Crippen LogP contribution in [0.2, 0.25) is 0 Å². The minimum absolute atomic E-state index is 0.0208.